The molecule has 0 aliphatic heterocycles. The van der Waals surface area contributed by atoms with Crippen molar-refractivity contribution >= 4 is 29.3 Å². The summed E-state index contributed by atoms with van der Waals surface area (Å²) in [6.07, 6.45) is 3.62. The van der Waals surface area contributed by atoms with Crippen LogP contribution in [0.25, 0.3) is 5.69 Å². The molecule has 30 heavy (non-hydrogen) atoms. The minimum atomic E-state index is -0.154. The number of rotatable bonds is 7. The highest BCUT2D eigenvalue weighted by molar-refractivity contribution is 7.99. The Balaban J connectivity index is 1.63. The fourth-order valence-corrected chi connectivity index (χ4v) is 3.70. The van der Waals surface area contributed by atoms with Crippen LogP contribution in [0.1, 0.15) is 35.7 Å². The predicted octanol–water partition coefficient (Wildman–Crippen LogP) is 4.43. The summed E-state index contributed by atoms with van der Waals surface area (Å²) in [5, 5.41) is 3.60. The normalized spacial score (nSPS) is 10.8. The van der Waals surface area contributed by atoms with Gasteiger partial charge in [0.1, 0.15) is 0 Å². The van der Waals surface area contributed by atoms with Gasteiger partial charge in [-0.25, -0.2) is 4.98 Å². The Kier molecular flexibility index (Phi) is 6.95. The Morgan fingerprint density at radius 1 is 1.13 bits per heavy atom. The zero-order valence-electron chi connectivity index (χ0n) is 17.6. The molecule has 3 aromatic rings. The van der Waals surface area contributed by atoms with Crippen LogP contribution in [0.2, 0.25) is 0 Å². The lowest BCUT2D eigenvalue weighted by Crippen LogP contribution is -2.22. The van der Waals surface area contributed by atoms with Gasteiger partial charge in [0.25, 0.3) is 5.91 Å². The molecule has 0 bridgehead atoms. The van der Waals surface area contributed by atoms with Gasteiger partial charge in [0.15, 0.2) is 5.16 Å². The number of carbonyl (C=O) groups excluding carboxylic acids is 2. The number of amides is 2. The second kappa shape index (κ2) is 9.63. The van der Waals surface area contributed by atoms with Gasteiger partial charge in [0.2, 0.25) is 5.91 Å². The van der Waals surface area contributed by atoms with Crippen LogP contribution < -0.4 is 5.32 Å². The van der Waals surface area contributed by atoms with E-state index in [1.165, 1.54) is 22.2 Å². The Morgan fingerprint density at radius 3 is 2.53 bits per heavy atom. The van der Waals surface area contributed by atoms with Crippen LogP contribution >= 0.6 is 11.8 Å². The van der Waals surface area contributed by atoms with E-state index in [0.717, 1.165) is 10.8 Å². The van der Waals surface area contributed by atoms with E-state index in [2.05, 4.69) is 48.4 Å². The Bertz CT molecular complexity index is 1030. The van der Waals surface area contributed by atoms with Crippen molar-refractivity contribution in [3.8, 4) is 5.69 Å². The van der Waals surface area contributed by atoms with E-state index >= 15 is 0 Å². The van der Waals surface area contributed by atoms with E-state index in [0.29, 0.717) is 17.2 Å². The molecule has 1 aromatic heterocycles. The third-order valence-electron chi connectivity index (χ3n) is 4.58. The minimum absolute atomic E-state index is 0.106. The molecule has 0 fully saturated rings. The molecule has 0 aliphatic rings. The van der Waals surface area contributed by atoms with Crippen molar-refractivity contribution in [3.63, 3.8) is 0 Å². The lowest BCUT2D eigenvalue weighted by atomic mass is 10.0. The van der Waals surface area contributed by atoms with Crippen LogP contribution in [-0.2, 0) is 4.79 Å². The average molecular weight is 423 g/mol. The van der Waals surface area contributed by atoms with Crippen LogP contribution in [0.5, 0.6) is 0 Å². The number of anilines is 1. The number of aromatic nitrogens is 2. The van der Waals surface area contributed by atoms with Crippen molar-refractivity contribution in [1.82, 2.24) is 14.5 Å². The summed E-state index contributed by atoms with van der Waals surface area (Å²) < 4.78 is 1.97. The summed E-state index contributed by atoms with van der Waals surface area (Å²) in [4.78, 5) is 30.4. The Labute approximate surface area is 181 Å². The third kappa shape index (κ3) is 5.30. The first kappa shape index (κ1) is 21.6. The summed E-state index contributed by atoms with van der Waals surface area (Å²) in [5.41, 5.74) is 3.42. The van der Waals surface area contributed by atoms with Crippen molar-refractivity contribution < 1.29 is 9.59 Å². The summed E-state index contributed by atoms with van der Waals surface area (Å²) in [6.45, 7) is 4.33. The quantitative estimate of drug-likeness (QED) is 0.572. The zero-order valence-corrected chi connectivity index (χ0v) is 18.4. The smallest absolute Gasteiger partial charge is 0.253 e. The molecule has 6 nitrogen and oxygen atoms in total. The number of benzene rings is 2. The summed E-state index contributed by atoms with van der Waals surface area (Å²) in [7, 11) is 3.39. The van der Waals surface area contributed by atoms with Crippen LogP contribution in [0.3, 0.4) is 0 Å². The SMILES string of the molecule is CC(C)c1ccc(-n2ccnc2SCC(=O)Nc2cccc(C(=O)N(C)C)c2)cc1. The molecule has 1 N–H and O–H groups in total. The molecule has 7 heteroatoms. The van der Waals surface area contributed by atoms with Crippen molar-refractivity contribution in [2.45, 2.75) is 24.9 Å². The molecule has 0 spiro atoms. The van der Waals surface area contributed by atoms with E-state index in [9.17, 15) is 9.59 Å². The highest BCUT2D eigenvalue weighted by Crippen LogP contribution is 2.23. The van der Waals surface area contributed by atoms with Gasteiger partial charge in [-0.1, -0.05) is 43.8 Å². The van der Waals surface area contributed by atoms with E-state index in [-0.39, 0.29) is 17.6 Å². The van der Waals surface area contributed by atoms with Gasteiger partial charge < -0.3 is 10.2 Å². The molecule has 0 saturated heterocycles. The molecule has 1 heterocycles. The minimum Gasteiger partial charge on any atom is -0.345 e. The molecule has 2 amide bonds. The number of thioether (sulfide) groups is 1. The second-order valence-corrected chi connectivity index (χ2v) is 8.39. The van der Waals surface area contributed by atoms with Crippen LogP contribution in [-0.4, -0.2) is 46.1 Å². The number of imidazole rings is 1. The van der Waals surface area contributed by atoms with Crippen LogP contribution in [0.15, 0.2) is 66.1 Å². The molecule has 0 atom stereocenters. The van der Waals surface area contributed by atoms with Gasteiger partial charge in [-0.2, -0.15) is 0 Å². The summed E-state index contributed by atoms with van der Waals surface area (Å²) in [6, 6.07) is 15.3. The Hall–Kier alpha value is -3.06. The molecule has 0 radical (unpaired) electrons. The van der Waals surface area contributed by atoms with Gasteiger partial charge in [0.05, 0.1) is 5.75 Å². The highest BCUT2D eigenvalue weighted by atomic mass is 32.2. The highest BCUT2D eigenvalue weighted by Gasteiger charge is 2.12. The van der Waals surface area contributed by atoms with Crippen LogP contribution in [0.4, 0.5) is 5.69 Å². The molecule has 0 unspecified atom stereocenters. The van der Waals surface area contributed by atoms with Gasteiger partial charge in [0, 0.05) is 43.4 Å². The van der Waals surface area contributed by atoms with Gasteiger partial charge in [-0.3, -0.25) is 14.2 Å². The first-order chi connectivity index (χ1) is 14.3. The van der Waals surface area contributed by atoms with Gasteiger partial charge in [-0.15, -0.1) is 0 Å². The van der Waals surface area contributed by atoms with Crippen molar-refractivity contribution in [2.24, 2.45) is 0 Å². The standard InChI is InChI=1S/C23H26N4O2S/c1-16(2)17-8-10-20(11-9-17)27-13-12-24-23(27)30-15-21(28)25-19-7-5-6-18(14-19)22(29)26(3)4/h5-14,16H,15H2,1-4H3,(H,25,28). The number of nitrogens with one attached hydrogen (secondary N) is 1. The predicted molar refractivity (Wildman–Crippen MR) is 121 cm³/mol. The summed E-state index contributed by atoms with van der Waals surface area (Å²) in [5.74, 6) is 0.434. The molecule has 2 aromatic carbocycles. The first-order valence-electron chi connectivity index (χ1n) is 9.73. The summed E-state index contributed by atoms with van der Waals surface area (Å²) >= 11 is 1.37. The van der Waals surface area contributed by atoms with Crippen molar-refractivity contribution in [2.75, 3.05) is 25.2 Å². The fourth-order valence-electron chi connectivity index (χ4n) is 2.93. The van der Waals surface area contributed by atoms with E-state index in [1.807, 2.05) is 10.8 Å². The lowest BCUT2D eigenvalue weighted by Gasteiger charge is -2.12. The molecular weight excluding hydrogens is 396 g/mol. The molecule has 0 aliphatic carbocycles. The first-order valence-corrected chi connectivity index (χ1v) is 10.7. The number of hydrogen-bond donors (Lipinski definition) is 1. The number of hydrogen-bond acceptors (Lipinski definition) is 4. The largest absolute Gasteiger partial charge is 0.345 e. The maximum absolute atomic E-state index is 12.4. The Morgan fingerprint density at radius 2 is 1.87 bits per heavy atom. The second-order valence-electron chi connectivity index (χ2n) is 7.44. The molecule has 156 valence electrons. The number of carbonyl (C=O) groups is 2. The van der Waals surface area contributed by atoms with E-state index in [1.54, 1.807) is 44.6 Å². The topological polar surface area (TPSA) is 67.2 Å². The fraction of sp³-hybridized carbons (Fsp3) is 0.261. The van der Waals surface area contributed by atoms with Crippen molar-refractivity contribution in [3.05, 3.63) is 72.1 Å². The third-order valence-corrected chi connectivity index (χ3v) is 5.54. The van der Waals surface area contributed by atoms with Crippen LogP contribution in [0, 0.1) is 0 Å². The monoisotopic (exact) mass is 422 g/mol. The number of nitrogens with zero attached hydrogens (tertiary/aromatic N) is 3. The zero-order chi connectivity index (χ0) is 21.7. The average Bonchev–Trinajstić information content (AvgIpc) is 3.20. The van der Waals surface area contributed by atoms with Gasteiger partial charge in [-0.05, 0) is 41.8 Å². The maximum Gasteiger partial charge on any atom is 0.253 e. The molecule has 3 rings (SSSR count). The van der Waals surface area contributed by atoms with Crippen molar-refractivity contribution in [1.29, 1.82) is 0 Å². The maximum atomic E-state index is 12.4. The molecular formula is C23H26N4O2S. The molecule has 0 saturated carbocycles. The lowest BCUT2D eigenvalue weighted by molar-refractivity contribution is -0.113. The van der Waals surface area contributed by atoms with Gasteiger partial charge >= 0.3 is 0 Å². The van der Waals surface area contributed by atoms with E-state index < -0.39 is 0 Å². The van der Waals surface area contributed by atoms with E-state index in [4.69, 9.17) is 0 Å².